The Morgan fingerprint density at radius 3 is 2.81 bits per heavy atom. The summed E-state index contributed by atoms with van der Waals surface area (Å²) >= 11 is 6.05. The number of rotatable bonds is 4. The molecule has 0 saturated carbocycles. The van der Waals surface area contributed by atoms with Gasteiger partial charge < -0.3 is 14.8 Å². The molecule has 0 unspecified atom stereocenters. The van der Waals surface area contributed by atoms with E-state index in [0.29, 0.717) is 28.6 Å². The van der Waals surface area contributed by atoms with Gasteiger partial charge in [0.1, 0.15) is 0 Å². The molecule has 2 aromatic carbocycles. The summed E-state index contributed by atoms with van der Waals surface area (Å²) in [7, 11) is 0. The molecule has 0 aromatic heterocycles. The fraction of sp³-hybridized carbons (Fsp3) is 0.143. The number of hydrogen-bond acceptors (Lipinski definition) is 5. The van der Waals surface area contributed by atoms with Crippen molar-refractivity contribution in [3.8, 4) is 11.5 Å². The number of nitrogens with zero attached hydrogens (tertiary/aromatic N) is 1. The van der Waals surface area contributed by atoms with Gasteiger partial charge in [0.15, 0.2) is 11.5 Å². The summed E-state index contributed by atoms with van der Waals surface area (Å²) in [4.78, 5) is 10.3. The van der Waals surface area contributed by atoms with Gasteiger partial charge in [0.25, 0.3) is 5.69 Å². The molecule has 108 valence electrons. The Balaban J connectivity index is 1.75. The van der Waals surface area contributed by atoms with Crippen LogP contribution < -0.4 is 14.8 Å². The van der Waals surface area contributed by atoms with Crippen molar-refractivity contribution in [1.29, 1.82) is 0 Å². The Hall–Kier alpha value is -2.47. The molecule has 21 heavy (non-hydrogen) atoms. The maximum Gasteiger partial charge on any atom is 0.269 e. The zero-order chi connectivity index (χ0) is 14.8. The lowest BCUT2D eigenvalue weighted by Gasteiger charge is -2.08. The fourth-order valence-electron chi connectivity index (χ4n) is 2.01. The standard InChI is InChI=1S/C14H11ClN2O4/c15-12-3-2-11(17(18)19)5-9(12)7-16-10-1-4-13-14(6-10)21-8-20-13/h1-6,16H,7-8H2. The first-order valence-electron chi connectivity index (χ1n) is 6.20. The third kappa shape index (κ3) is 2.85. The number of anilines is 1. The van der Waals surface area contributed by atoms with Crippen molar-refractivity contribution in [2.75, 3.05) is 12.1 Å². The van der Waals surface area contributed by atoms with Gasteiger partial charge in [-0.05, 0) is 23.8 Å². The number of benzene rings is 2. The van der Waals surface area contributed by atoms with Gasteiger partial charge in [0, 0.05) is 35.5 Å². The molecule has 0 aliphatic carbocycles. The second-order valence-electron chi connectivity index (χ2n) is 4.45. The maximum absolute atomic E-state index is 10.8. The molecular formula is C14H11ClN2O4. The van der Waals surface area contributed by atoms with E-state index in [4.69, 9.17) is 21.1 Å². The Kier molecular flexibility index (Phi) is 3.53. The quantitative estimate of drug-likeness (QED) is 0.690. The van der Waals surface area contributed by atoms with Crippen LogP contribution in [0.25, 0.3) is 0 Å². The van der Waals surface area contributed by atoms with Crippen molar-refractivity contribution in [3.05, 3.63) is 57.1 Å². The Bertz CT molecular complexity index is 705. The molecular weight excluding hydrogens is 296 g/mol. The van der Waals surface area contributed by atoms with Crippen LogP contribution in [0, 0.1) is 10.1 Å². The first-order chi connectivity index (χ1) is 10.1. The number of ether oxygens (including phenoxy) is 2. The summed E-state index contributed by atoms with van der Waals surface area (Å²) in [5.74, 6) is 1.37. The molecule has 0 fully saturated rings. The highest BCUT2D eigenvalue weighted by Crippen LogP contribution is 2.34. The number of nitro benzene ring substituents is 1. The van der Waals surface area contributed by atoms with Crippen molar-refractivity contribution >= 4 is 23.0 Å². The highest BCUT2D eigenvalue weighted by atomic mass is 35.5. The zero-order valence-electron chi connectivity index (χ0n) is 10.8. The molecule has 0 spiro atoms. The number of fused-ring (bicyclic) bond motifs is 1. The van der Waals surface area contributed by atoms with E-state index in [1.807, 2.05) is 12.1 Å². The summed E-state index contributed by atoms with van der Waals surface area (Å²) in [5.41, 5.74) is 1.49. The van der Waals surface area contributed by atoms with E-state index in [1.165, 1.54) is 18.2 Å². The van der Waals surface area contributed by atoms with Crippen molar-refractivity contribution in [2.24, 2.45) is 0 Å². The summed E-state index contributed by atoms with van der Waals surface area (Å²) in [6.45, 7) is 0.593. The highest BCUT2D eigenvalue weighted by molar-refractivity contribution is 6.31. The molecule has 0 bridgehead atoms. The van der Waals surface area contributed by atoms with Crippen LogP contribution in [0.5, 0.6) is 11.5 Å². The molecule has 7 heteroatoms. The van der Waals surface area contributed by atoms with Crippen LogP contribution >= 0.6 is 11.6 Å². The van der Waals surface area contributed by atoms with Crippen molar-refractivity contribution in [2.45, 2.75) is 6.54 Å². The van der Waals surface area contributed by atoms with Gasteiger partial charge in [-0.3, -0.25) is 10.1 Å². The summed E-state index contributed by atoms with van der Waals surface area (Å²) < 4.78 is 10.5. The van der Waals surface area contributed by atoms with Gasteiger partial charge in [-0.1, -0.05) is 11.6 Å². The first-order valence-corrected chi connectivity index (χ1v) is 6.57. The molecule has 1 heterocycles. The lowest BCUT2D eigenvalue weighted by Crippen LogP contribution is -2.01. The van der Waals surface area contributed by atoms with Crippen LogP contribution in [0.3, 0.4) is 0 Å². The van der Waals surface area contributed by atoms with E-state index in [-0.39, 0.29) is 12.5 Å². The fourth-order valence-corrected chi connectivity index (χ4v) is 2.20. The van der Waals surface area contributed by atoms with Gasteiger partial charge in [0.2, 0.25) is 6.79 Å². The van der Waals surface area contributed by atoms with Crippen molar-refractivity contribution in [3.63, 3.8) is 0 Å². The smallest absolute Gasteiger partial charge is 0.269 e. The minimum atomic E-state index is -0.444. The Morgan fingerprint density at radius 2 is 2.00 bits per heavy atom. The van der Waals surface area contributed by atoms with Crippen LogP contribution in [0.1, 0.15) is 5.56 Å². The van der Waals surface area contributed by atoms with E-state index in [9.17, 15) is 10.1 Å². The van der Waals surface area contributed by atoms with Gasteiger partial charge >= 0.3 is 0 Å². The third-order valence-electron chi connectivity index (χ3n) is 3.10. The monoisotopic (exact) mass is 306 g/mol. The van der Waals surface area contributed by atoms with Crippen molar-refractivity contribution < 1.29 is 14.4 Å². The number of halogens is 1. The van der Waals surface area contributed by atoms with E-state index in [2.05, 4.69) is 5.32 Å². The zero-order valence-corrected chi connectivity index (χ0v) is 11.6. The SMILES string of the molecule is O=[N+]([O-])c1ccc(Cl)c(CNc2ccc3c(c2)OCO3)c1. The third-order valence-corrected chi connectivity index (χ3v) is 3.46. The van der Waals surface area contributed by atoms with Gasteiger partial charge in [-0.25, -0.2) is 0 Å². The van der Waals surface area contributed by atoms with Crippen LogP contribution in [0.4, 0.5) is 11.4 Å². The van der Waals surface area contributed by atoms with Crippen LogP contribution in [0.15, 0.2) is 36.4 Å². The predicted molar refractivity (Wildman–Crippen MR) is 78.0 cm³/mol. The molecule has 0 amide bonds. The second kappa shape index (κ2) is 5.49. The number of hydrogen-bond donors (Lipinski definition) is 1. The van der Waals surface area contributed by atoms with E-state index in [0.717, 1.165) is 5.69 Å². The summed E-state index contributed by atoms with van der Waals surface area (Å²) in [6.07, 6.45) is 0. The van der Waals surface area contributed by atoms with Gasteiger partial charge in [0.05, 0.1) is 4.92 Å². The van der Waals surface area contributed by atoms with E-state index in [1.54, 1.807) is 6.07 Å². The first kappa shape index (κ1) is 13.5. The molecule has 0 radical (unpaired) electrons. The topological polar surface area (TPSA) is 73.6 Å². The molecule has 2 aromatic rings. The molecule has 1 aliphatic rings. The van der Waals surface area contributed by atoms with Crippen LogP contribution in [-0.4, -0.2) is 11.7 Å². The van der Waals surface area contributed by atoms with Gasteiger partial charge in [-0.2, -0.15) is 0 Å². The lowest BCUT2D eigenvalue weighted by molar-refractivity contribution is -0.384. The average Bonchev–Trinajstić information content (AvgIpc) is 2.93. The minimum Gasteiger partial charge on any atom is -0.454 e. The normalized spacial score (nSPS) is 12.2. The van der Waals surface area contributed by atoms with E-state index < -0.39 is 4.92 Å². The molecule has 3 rings (SSSR count). The van der Waals surface area contributed by atoms with Gasteiger partial charge in [-0.15, -0.1) is 0 Å². The van der Waals surface area contributed by atoms with Crippen LogP contribution in [0.2, 0.25) is 5.02 Å². The second-order valence-corrected chi connectivity index (χ2v) is 4.86. The maximum atomic E-state index is 10.8. The Labute approximate surface area is 125 Å². The summed E-state index contributed by atoms with van der Waals surface area (Å²) in [5, 5.41) is 14.4. The predicted octanol–water partition coefficient (Wildman–Crippen LogP) is 3.59. The number of nitrogens with one attached hydrogen (secondary N) is 1. The van der Waals surface area contributed by atoms with Crippen molar-refractivity contribution in [1.82, 2.24) is 0 Å². The number of non-ortho nitro benzene ring substituents is 1. The average molecular weight is 307 g/mol. The summed E-state index contributed by atoms with van der Waals surface area (Å²) in [6, 6.07) is 9.83. The largest absolute Gasteiger partial charge is 0.454 e. The molecule has 0 saturated heterocycles. The molecule has 0 atom stereocenters. The molecule has 1 N–H and O–H groups in total. The molecule has 6 nitrogen and oxygen atoms in total. The van der Waals surface area contributed by atoms with Crippen LogP contribution in [-0.2, 0) is 6.54 Å². The van der Waals surface area contributed by atoms with E-state index >= 15 is 0 Å². The Morgan fingerprint density at radius 1 is 1.19 bits per heavy atom. The molecule has 1 aliphatic heterocycles. The highest BCUT2D eigenvalue weighted by Gasteiger charge is 2.14. The number of nitro groups is 1. The minimum absolute atomic E-state index is 0.0156. The lowest BCUT2D eigenvalue weighted by atomic mass is 10.2.